The van der Waals surface area contributed by atoms with Crippen LogP contribution in [-0.4, -0.2) is 119 Å². The molecule has 1 N–H and O–H groups in total. The minimum absolute atomic E-state index is 0.0140. The van der Waals surface area contributed by atoms with Gasteiger partial charge in [0.15, 0.2) is 11.5 Å². The third kappa shape index (κ3) is 9.58. The number of nitrogens with zero attached hydrogens (tertiary/aromatic N) is 4. The molecule has 14 heteroatoms. The number of benzene rings is 2. The van der Waals surface area contributed by atoms with Crippen LogP contribution >= 0.6 is 23.5 Å². The molecule has 2 saturated heterocycles. The molecular weight excluding hydrogens is 657 g/mol. The van der Waals surface area contributed by atoms with Crippen molar-refractivity contribution in [3.63, 3.8) is 0 Å². The third-order valence-corrected chi connectivity index (χ3v) is 11.1. The van der Waals surface area contributed by atoms with E-state index < -0.39 is 17.4 Å². The lowest BCUT2D eigenvalue weighted by Gasteiger charge is -2.31. The molecule has 2 fully saturated rings. The fraction of sp³-hybridized carbons (Fsp3) is 0.529. The van der Waals surface area contributed by atoms with Gasteiger partial charge in [-0.25, -0.2) is 0 Å². The maximum Gasteiger partial charge on any atom is 0.285 e. The summed E-state index contributed by atoms with van der Waals surface area (Å²) in [6, 6.07) is 7.88. The molecule has 0 aromatic heterocycles. The molecule has 1 atom stereocenters. The quantitative estimate of drug-likeness (QED) is 0.0852. The molecular formula is C34H46N4O8S2. The predicted molar refractivity (Wildman–Crippen MR) is 190 cm³/mol. The SMILES string of the molecule is CCSC(SCC)[C@@H]1CCCN1C(=O)c1cc(CO)c(OCCOc2ccc(C=CC(=O)N3CCN(C)CC3)cc2OC)cc1[N+](=O)[O-]. The Balaban J connectivity index is 1.40. The van der Waals surface area contributed by atoms with E-state index in [4.69, 9.17) is 14.2 Å². The van der Waals surface area contributed by atoms with Gasteiger partial charge >= 0.3 is 0 Å². The summed E-state index contributed by atoms with van der Waals surface area (Å²) < 4.78 is 17.4. The zero-order valence-corrected chi connectivity index (χ0v) is 29.7. The van der Waals surface area contributed by atoms with Crippen LogP contribution in [0.15, 0.2) is 36.4 Å². The first-order valence-electron chi connectivity index (χ1n) is 16.3. The standard InChI is InChI=1S/C34H46N4O8S2/c1-5-47-34(48-6-2)27-8-7-13-37(27)33(41)26-21-25(23-39)30(22-28(26)38(42)43)46-19-18-45-29-11-9-24(20-31(29)44-4)10-12-32(40)36-16-14-35(3)15-17-36/h9-12,20-22,27,34,39H,5-8,13-19,23H2,1-4H3/t27-/m0/s1. The topological polar surface area (TPSA) is 135 Å². The number of carbonyl (C=O) groups excluding carboxylic acids is 2. The van der Waals surface area contributed by atoms with Crippen LogP contribution in [0.5, 0.6) is 17.2 Å². The summed E-state index contributed by atoms with van der Waals surface area (Å²) in [5.74, 6) is 2.42. The number of methoxy groups -OCH3 is 1. The normalized spacial score (nSPS) is 16.9. The van der Waals surface area contributed by atoms with Crippen molar-refractivity contribution in [2.24, 2.45) is 0 Å². The Bertz CT molecular complexity index is 1440. The van der Waals surface area contributed by atoms with Crippen LogP contribution < -0.4 is 14.2 Å². The van der Waals surface area contributed by atoms with E-state index in [1.807, 2.05) is 18.0 Å². The Kier molecular flexibility index (Phi) is 14.3. The molecule has 0 unspecified atom stereocenters. The summed E-state index contributed by atoms with van der Waals surface area (Å²) in [4.78, 5) is 43.7. The molecule has 2 heterocycles. The van der Waals surface area contributed by atoms with E-state index >= 15 is 0 Å². The predicted octanol–water partition coefficient (Wildman–Crippen LogP) is 4.78. The van der Waals surface area contributed by atoms with Gasteiger partial charge in [0.2, 0.25) is 5.91 Å². The summed E-state index contributed by atoms with van der Waals surface area (Å²) in [5.41, 5.74) is 0.641. The number of hydrogen-bond donors (Lipinski definition) is 1. The third-order valence-electron chi connectivity index (χ3n) is 8.33. The van der Waals surface area contributed by atoms with Crippen molar-refractivity contribution in [1.82, 2.24) is 14.7 Å². The Morgan fingerprint density at radius 2 is 1.71 bits per heavy atom. The molecule has 0 bridgehead atoms. The van der Waals surface area contributed by atoms with Gasteiger partial charge in [-0.2, -0.15) is 0 Å². The maximum atomic E-state index is 13.8. The second-order valence-electron chi connectivity index (χ2n) is 11.4. The molecule has 0 spiro atoms. The molecule has 48 heavy (non-hydrogen) atoms. The Hall–Kier alpha value is -3.46. The van der Waals surface area contributed by atoms with E-state index in [-0.39, 0.29) is 52.3 Å². The molecule has 0 aliphatic carbocycles. The van der Waals surface area contributed by atoms with Crippen LogP contribution in [0.2, 0.25) is 0 Å². The maximum absolute atomic E-state index is 13.8. The molecule has 0 radical (unpaired) electrons. The highest BCUT2D eigenvalue weighted by Gasteiger charge is 2.38. The van der Waals surface area contributed by atoms with Crippen molar-refractivity contribution in [3.05, 3.63) is 63.2 Å². The van der Waals surface area contributed by atoms with Crippen LogP contribution in [0.3, 0.4) is 0 Å². The van der Waals surface area contributed by atoms with Gasteiger partial charge in [-0.15, -0.1) is 23.5 Å². The number of aliphatic hydroxyl groups is 1. The number of hydrogen-bond acceptors (Lipinski definition) is 11. The van der Waals surface area contributed by atoms with Gasteiger partial charge < -0.3 is 34.0 Å². The summed E-state index contributed by atoms with van der Waals surface area (Å²) in [7, 11) is 3.56. The van der Waals surface area contributed by atoms with Crippen molar-refractivity contribution < 1.29 is 33.8 Å². The monoisotopic (exact) mass is 702 g/mol. The summed E-state index contributed by atoms with van der Waals surface area (Å²) in [6.45, 7) is 7.43. The van der Waals surface area contributed by atoms with Gasteiger partial charge in [-0.3, -0.25) is 19.7 Å². The van der Waals surface area contributed by atoms with Crippen LogP contribution in [0.4, 0.5) is 5.69 Å². The Labute approximate surface area is 290 Å². The molecule has 262 valence electrons. The Morgan fingerprint density at radius 3 is 2.33 bits per heavy atom. The lowest BCUT2D eigenvalue weighted by molar-refractivity contribution is -0.385. The lowest BCUT2D eigenvalue weighted by atomic mass is 10.1. The number of piperazine rings is 1. The molecule has 2 aromatic rings. The molecule has 2 aliphatic rings. The highest BCUT2D eigenvalue weighted by molar-refractivity contribution is 8.17. The number of nitro groups is 1. The average molecular weight is 703 g/mol. The summed E-state index contributed by atoms with van der Waals surface area (Å²) in [6.07, 6.45) is 4.98. The second-order valence-corrected chi connectivity index (χ2v) is 14.6. The number of aliphatic hydroxyl groups excluding tert-OH is 1. The van der Waals surface area contributed by atoms with Crippen molar-refractivity contribution in [1.29, 1.82) is 0 Å². The average Bonchev–Trinajstić information content (AvgIpc) is 3.59. The molecule has 4 rings (SSSR count). The number of nitro benzene ring substituents is 1. The molecule has 2 aliphatic heterocycles. The second kappa shape index (κ2) is 18.3. The van der Waals surface area contributed by atoms with Crippen LogP contribution in [0, 0.1) is 10.1 Å². The number of likely N-dealkylation sites (N-methyl/N-ethyl adjacent to an activating group) is 1. The van der Waals surface area contributed by atoms with Crippen molar-refractivity contribution >= 4 is 47.1 Å². The number of thioether (sulfide) groups is 2. The van der Waals surface area contributed by atoms with E-state index in [9.17, 15) is 24.8 Å². The van der Waals surface area contributed by atoms with Gasteiger partial charge in [-0.05, 0) is 61.2 Å². The molecule has 0 saturated carbocycles. The zero-order valence-electron chi connectivity index (χ0n) is 28.1. The summed E-state index contributed by atoms with van der Waals surface area (Å²) >= 11 is 3.59. The van der Waals surface area contributed by atoms with Crippen LogP contribution in [0.1, 0.15) is 48.2 Å². The first-order chi connectivity index (χ1) is 23.2. The number of likely N-dealkylation sites (tertiary alicyclic amines) is 1. The number of rotatable bonds is 16. The van der Waals surface area contributed by atoms with Crippen molar-refractivity contribution in [2.75, 3.05) is 71.6 Å². The minimum atomic E-state index is -0.582. The fourth-order valence-electron chi connectivity index (χ4n) is 5.79. The van der Waals surface area contributed by atoms with Gasteiger partial charge in [0, 0.05) is 44.4 Å². The van der Waals surface area contributed by atoms with Gasteiger partial charge in [0.05, 0.1) is 35.3 Å². The fourth-order valence-corrected chi connectivity index (χ4v) is 8.65. The minimum Gasteiger partial charge on any atom is -0.493 e. The van der Waals surface area contributed by atoms with Gasteiger partial charge in [-0.1, -0.05) is 19.9 Å². The smallest absolute Gasteiger partial charge is 0.285 e. The molecule has 12 nitrogen and oxygen atoms in total. The molecule has 2 aromatic carbocycles. The first kappa shape index (κ1) is 37.4. The zero-order chi connectivity index (χ0) is 34.6. The van der Waals surface area contributed by atoms with E-state index in [0.29, 0.717) is 31.1 Å². The highest BCUT2D eigenvalue weighted by Crippen LogP contribution is 2.38. The van der Waals surface area contributed by atoms with Crippen molar-refractivity contribution in [3.8, 4) is 17.2 Å². The first-order valence-corrected chi connectivity index (χ1v) is 18.4. The highest BCUT2D eigenvalue weighted by atomic mass is 32.2. The largest absolute Gasteiger partial charge is 0.493 e. The van der Waals surface area contributed by atoms with E-state index in [2.05, 4.69) is 18.7 Å². The van der Waals surface area contributed by atoms with E-state index in [0.717, 1.165) is 43.0 Å². The van der Waals surface area contributed by atoms with Gasteiger partial charge in [0.1, 0.15) is 24.5 Å². The number of carbonyl (C=O) groups is 2. The molecule has 2 amide bonds. The van der Waals surface area contributed by atoms with Crippen LogP contribution in [-0.2, 0) is 11.4 Å². The van der Waals surface area contributed by atoms with Gasteiger partial charge in [0.25, 0.3) is 11.6 Å². The van der Waals surface area contributed by atoms with E-state index in [1.54, 1.807) is 52.7 Å². The summed E-state index contributed by atoms with van der Waals surface area (Å²) in [5, 5.41) is 22.3. The van der Waals surface area contributed by atoms with E-state index in [1.165, 1.54) is 19.2 Å². The Morgan fingerprint density at radius 1 is 1.02 bits per heavy atom. The number of amides is 2. The number of ether oxygens (including phenoxy) is 3. The van der Waals surface area contributed by atoms with Crippen LogP contribution in [0.25, 0.3) is 6.08 Å². The van der Waals surface area contributed by atoms with Crippen molar-refractivity contribution in [2.45, 2.75) is 43.9 Å². The lowest BCUT2D eigenvalue weighted by Crippen LogP contribution is -2.46.